The lowest BCUT2D eigenvalue weighted by atomic mass is 10.2. The first-order valence-corrected chi connectivity index (χ1v) is 5.86. The maximum absolute atomic E-state index is 12.0. The van der Waals surface area contributed by atoms with Gasteiger partial charge in [0.2, 0.25) is 0 Å². The molecule has 0 spiro atoms. The van der Waals surface area contributed by atoms with Gasteiger partial charge in [0, 0.05) is 26.2 Å². The SMILES string of the molecule is CN1CCCN(C(=O)C2CCCO2)CC1. The molecule has 0 aromatic carbocycles. The first-order valence-electron chi connectivity index (χ1n) is 5.86. The summed E-state index contributed by atoms with van der Waals surface area (Å²) in [5, 5.41) is 0. The van der Waals surface area contributed by atoms with E-state index in [1.807, 2.05) is 4.90 Å². The average Bonchev–Trinajstić information content (AvgIpc) is 2.67. The fraction of sp³-hybridized carbons (Fsp3) is 0.909. The Morgan fingerprint density at radius 3 is 2.80 bits per heavy atom. The Hall–Kier alpha value is -0.610. The van der Waals surface area contributed by atoms with Gasteiger partial charge in [-0.2, -0.15) is 0 Å². The van der Waals surface area contributed by atoms with Crippen molar-refractivity contribution in [3.63, 3.8) is 0 Å². The Morgan fingerprint density at radius 2 is 2.07 bits per heavy atom. The Morgan fingerprint density at radius 1 is 1.20 bits per heavy atom. The standard InChI is InChI=1S/C11H20N2O2/c1-12-5-3-6-13(8-7-12)11(14)10-4-2-9-15-10/h10H,2-9H2,1H3. The minimum absolute atomic E-state index is 0.145. The van der Waals surface area contributed by atoms with E-state index in [4.69, 9.17) is 4.74 Å². The van der Waals surface area contributed by atoms with Crippen LogP contribution in [-0.4, -0.2) is 61.6 Å². The number of carbonyl (C=O) groups excluding carboxylic acids is 1. The van der Waals surface area contributed by atoms with Gasteiger partial charge in [0.05, 0.1) is 0 Å². The Balaban J connectivity index is 1.88. The zero-order valence-electron chi connectivity index (χ0n) is 9.45. The molecule has 2 fully saturated rings. The van der Waals surface area contributed by atoms with Crippen molar-refractivity contribution < 1.29 is 9.53 Å². The molecule has 0 aromatic heterocycles. The second-order valence-electron chi connectivity index (χ2n) is 4.48. The third kappa shape index (κ3) is 2.69. The quantitative estimate of drug-likeness (QED) is 0.628. The van der Waals surface area contributed by atoms with E-state index < -0.39 is 0 Å². The zero-order chi connectivity index (χ0) is 10.7. The number of carbonyl (C=O) groups is 1. The molecule has 2 aliphatic rings. The third-order valence-corrected chi connectivity index (χ3v) is 3.24. The van der Waals surface area contributed by atoms with Crippen LogP contribution in [0.2, 0.25) is 0 Å². The van der Waals surface area contributed by atoms with Crippen LogP contribution in [-0.2, 0) is 9.53 Å². The van der Waals surface area contributed by atoms with Gasteiger partial charge in [-0.25, -0.2) is 0 Å². The van der Waals surface area contributed by atoms with Gasteiger partial charge in [0.15, 0.2) is 0 Å². The molecule has 4 nitrogen and oxygen atoms in total. The Labute approximate surface area is 91.2 Å². The van der Waals surface area contributed by atoms with E-state index in [0.717, 1.165) is 52.0 Å². The van der Waals surface area contributed by atoms with E-state index in [1.165, 1.54) is 0 Å². The number of nitrogens with zero attached hydrogens (tertiary/aromatic N) is 2. The molecule has 1 amide bonds. The number of likely N-dealkylation sites (N-methyl/N-ethyl adjacent to an activating group) is 1. The van der Waals surface area contributed by atoms with Gasteiger partial charge in [0.25, 0.3) is 5.91 Å². The number of hydrogen-bond acceptors (Lipinski definition) is 3. The fourth-order valence-corrected chi connectivity index (χ4v) is 2.24. The molecule has 1 unspecified atom stereocenters. The number of hydrogen-bond donors (Lipinski definition) is 0. The van der Waals surface area contributed by atoms with Crippen molar-refractivity contribution in [2.24, 2.45) is 0 Å². The lowest BCUT2D eigenvalue weighted by Gasteiger charge is -2.23. The van der Waals surface area contributed by atoms with Crippen molar-refractivity contribution in [1.82, 2.24) is 9.80 Å². The van der Waals surface area contributed by atoms with Crippen LogP contribution in [0.1, 0.15) is 19.3 Å². The zero-order valence-corrected chi connectivity index (χ0v) is 9.45. The monoisotopic (exact) mass is 212 g/mol. The molecule has 1 atom stereocenters. The number of rotatable bonds is 1. The number of amides is 1. The van der Waals surface area contributed by atoms with Crippen LogP contribution in [0, 0.1) is 0 Å². The summed E-state index contributed by atoms with van der Waals surface area (Å²) < 4.78 is 5.43. The summed E-state index contributed by atoms with van der Waals surface area (Å²) in [5.41, 5.74) is 0. The molecular weight excluding hydrogens is 192 g/mol. The molecule has 0 aromatic rings. The summed E-state index contributed by atoms with van der Waals surface area (Å²) in [4.78, 5) is 16.3. The maximum atomic E-state index is 12.0. The molecule has 0 aliphatic carbocycles. The van der Waals surface area contributed by atoms with Crippen LogP contribution in [0.5, 0.6) is 0 Å². The van der Waals surface area contributed by atoms with Gasteiger partial charge in [0.1, 0.15) is 6.10 Å². The third-order valence-electron chi connectivity index (χ3n) is 3.24. The fourth-order valence-electron chi connectivity index (χ4n) is 2.24. The van der Waals surface area contributed by atoms with Crippen LogP contribution in [0.3, 0.4) is 0 Å². The molecule has 4 heteroatoms. The molecule has 2 heterocycles. The van der Waals surface area contributed by atoms with Crippen molar-refractivity contribution in [2.45, 2.75) is 25.4 Å². The highest BCUT2D eigenvalue weighted by molar-refractivity contribution is 5.81. The van der Waals surface area contributed by atoms with Crippen LogP contribution < -0.4 is 0 Å². The van der Waals surface area contributed by atoms with Gasteiger partial charge in [-0.1, -0.05) is 0 Å². The van der Waals surface area contributed by atoms with Crippen LogP contribution in [0.25, 0.3) is 0 Å². The molecule has 0 radical (unpaired) electrons. The van der Waals surface area contributed by atoms with E-state index in [2.05, 4.69) is 11.9 Å². The first kappa shape index (κ1) is 10.9. The normalized spacial score (nSPS) is 29.1. The summed E-state index contributed by atoms with van der Waals surface area (Å²) in [6, 6.07) is 0. The maximum Gasteiger partial charge on any atom is 0.251 e. The average molecular weight is 212 g/mol. The summed E-state index contributed by atoms with van der Waals surface area (Å²) in [6.45, 7) is 4.58. The molecule has 0 saturated carbocycles. The number of ether oxygens (including phenoxy) is 1. The largest absolute Gasteiger partial charge is 0.368 e. The minimum Gasteiger partial charge on any atom is -0.368 e. The van der Waals surface area contributed by atoms with Gasteiger partial charge >= 0.3 is 0 Å². The van der Waals surface area contributed by atoms with Crippen molar-refractivity contribution in [3.8, 4) is 0 Å². The Kier molecular flexibility index (Phi) is 3.59. The minimum atomic E-state index is -0.145. The predicted octanol–water partition coefficient (Wildman–Crippen LogP) is 0.329. The summed E-state index contributed by atoms with van der Waals surface area (Å²) >= 11 is 0. The van der Waals surface area contributed by atoms with Gasteiger partial charge in [-0.15, -0.1) is 0 Å². The molecule has 15 heavy (non-hydrogen) atoms. The predicted molar refractivity (Wildman–Crippen MR) is 57.7 cm³/mol. The molecule has 0 N–H and O–H groups in total. The highest BCUT2D eigenvalue weighted by atomic mass is 16.5. The van der Waals surface area contributed by atoms with Gasteiger partial charge < -0.3 is 14.5 Å². The van der Waals surface area contributed by atoms with E-state index in [-0.39, 0.29) is 12.0 Å². The first-order chi connectivity index (χ1) is 7.27. The summed E-state index contributed by atoms with van der Waals surface area (Å²) in [7, 11) is 2.11. The van der Waals surface area contributed by atoms with Gasteiger partial charge in [-0.05, 0) is 32.9 Å². The molecule has 86 valence electrons. The van der Waals surface area contributed by atoms with Crippen LogP contribution >= 0.6 is 0 Å². The summed E-state index contributed by atoms with van der Waals surface area (Å²) in [5.74, 6) is 0.211. The second kappa shape index (κ2) is 4.94. The second-order valence-corrected chi connectivity index (χ2v) is 4.48. The molecule has 0 bridgehead atoms. The van der Waals surface area contributed by atoms with Crippen molar-refractivity contribution in [1.29, 1.82) is 0 Å². The van der Waals surface area contributed by atoms with E-state index in [1.54, 1.807) is 0 Å². The van der Waals surface area contributed by atoms with Crippen molar-refractivity contribution >= 4 is 5.91 Å². The van der Waals surface area contributed by atoms with Crippen LogP contribution in [0.4, 0.5) is 0 Å². The molecule has 2 rings (SSSR count). The van der Waals surface area contributed by atoms with Crippen molar-refractivity contribution in [2.75, 3.05) is 39.8 Å². The van der Waals surface area contributed by atoms with Crippen LogP contribution in [0.15, 0.2) is 0 Å². The van der Waals surface area contributed by atoms with E-state index in [0.29, 0.717) is 0 Å². The lowest BCUT2D eigenvalue weighted by Crippen LogP contribution is -2.40. The molecular formula is C11H20N2O2. The van der Waals surface area contributed by atoms with Gasteiger partial charge in [-0.3, -0.25) is 4.79 Å². The lowest BCUT2D eigenvalue weighted by molar-refractivity contribution is -0.140. The molecule has 2 saturated heterocycles. The summed E-state index contributed by atoms with van der Waals surface area (Å²) in [6.07, 6.45) is 2.87. The van der Waals surface area contributed by atoms with Crippen molar-refractivity contribution in [3.05, 3.63) is 0 Å². The highest BCUT2D eigenvalue weighted by Gasteiger charge is 2.28. The smallest absolute Gasteiger partial charge is 0.251 e. The Bertz CT molecular complexity index is 227. The van der Waals surface area contributed by atoms with E-state index in [9.17, 15) is 4.79 Å². The molecule has 2 aliphatic heterocycles. The van der Waals surface area contributed by atoms with E-state index >= 15 is 0 Å². The topological polar surface area (TPSA) is 32.8 Å². The highest BCUT2D eigenvalue weighted by Crippen LogP contribution is 2.15.